The first-order valence-electron chi connectivity index (χ1n) is 4.97. The lowest BCUT2D eigenvalue weighted by Crippen LogP contribution is -2.10. The molecule has 1 aromatic heterocycles. The predicted octanol–water partition coefficient (Wildman–Crippen LogP) is 1.27. The number of aliphatic carboxylic acids is 1. The second kappa shape index (κ2) is 3.53. The lowest BCUT2D eigenvalue weighted by molar-refractivity contribution is -0.137. The van der Waals surface area contributed by atoms with Crippen molar-refractivity contribution in [1.82, 2.24) is 4.57 Å². The van der Waals surface area contributed by atoms with Crippen LogP contribution >= 0.6 is 0 Å². The van der Waals surface area contributed by atoms with E-state index in [9.17, 15) is 9.59 Å². The molecule has 2 unspecified atom stereocenters. The molecule has 1 fully saturated rings. The Morgan fingerprint density at radius 2 is 2.33 bits per heavy atom. The van der Waals surface area contributed by atoms with Crippen molar-refractivity contribution >= 4 is 11.8 Å². The molecule has 0 saturated heterocycles. The Bertz CT molecular complexity index is 408. The number of ketones is 1. The maximum atomic E-state index is 11.1. The summed E-state index contributed by atoms with van der Waals surface area (Å²) in [4.78, 5) is 21.7. The van der Waals surface area contributed by atoms with Gasteiger partial charge in [0.05, 0.1) is 0 Å². The fraction of sp³-hybridized carbons (Fsp3) is 0.455. The minimum atomic E-state index is -0.854. The van der Waals surface area contributed by atoms with E-state index in [1.165, 1.54) is 0 Å². The number of carbonyl (C=O) groups excluding carboxylic acids is 1. The molecule has 15 heavy (non-hydrogen) atoms. The maximum Gasteiger partial charge on any atom is 0.323 e. The van der Waals surface area contributed by atoms with Gasteiger partial charge in [0.15, 0.2) is 0 Å². The number of hydrogen-bond acceptors (Lipinski definition) is 2. The molecular formula is C11H13NO3. The van der Waals surface area contributed by atoms with Gasteiger partial charge >= 0.3 is 5.97 Å². The Kier molecular flexibility index (Phi) is 2.34. The van der Waals surface area contributed by atoms with Crippen molar-refractivity contribution in [1.29, 1.82) is 0 Å². The normalized spacial score (nSPS) is 23.8. The zero-order valence-corrected chi connectivity index (χ0v) is 8.51. The van der Waals surface area contributed by atoms with E-state index in [1.54, 1.807) is 17.7 Å². The molecule has 4 nitrogen and oxygen atoms in total. The van der Waals surface area contributed by atoms with Gasteiger partial charge in [0.2, 0.25) is 0 Å². The Hall–Kier alpha value is -1.58. The zero-order valence-electron chi connectivity index (χ0n) is 8.51. The highest BCUT2D eigenvalue weighted by Gasteiger charge is 2.43. The highest BCUT2D eigenvalue weighted by atomic mass is 16.4. The third-order valence-electron chi connectivity index (χ3n) is 2.86. The van der Waals surface area contributed by atoms with Crippen LogP contribution in [-0.4, -0.2) is 21.4 Å². The Morgan fingerprint density at radius 3 is 2.87 bits per heavy atom. The highest BCUT2D eigenvalue weighted by Crippen LogP contribution is 2.47. The van der Waals surface area contributed by atoms with Gasteiger partial charge in [0.1, 0.15) is 12.3 Å². The number of carboxylic acids is 1. The fourth-order valence-electron chi connectivity index (χ4n) is 2.02. The number of aromatic nitrogens is 1. The topological polar surface area (TPSA) is 59.3 Å². The van der Waals surface area contributed by atoms with E-state index in [-0.39, 0.29) is 24.2 Å². The molecule has 0 amide bonds. The van der Waals surface area contributed by atoms with Gasteiger partial charge in [-0.05, 0) is 25.5 Å². The van der Waals surface area contributed by atoms with Crippen LogP contribution < -0.4 is 0 Å². The molecule has 4 heteroatoms. The zero-order chi connectivity index (χ0) is 11.0. The number of carbonyl (C=O) groups is 2. The molecule has 0 aromatic carbocycles. The number of Topliss-reactive ketones (excluding diaryl/α,β-unsaturated/α-hetero) is 1. The molecule has 2 rings (SSSR count). The summed E-state index contributed by atoms with van der Waals surface area (Å²) in [6, 6.07) is 3.73. The van der Waals surface area contributed by atoms with Crippen LogP contribution in [0.15, 0.2) is 18.3 Å². The second-order valence-electron chi connectivity index (χ2n) is 4.01. The molecule has 1 aliphatic carbocycles. The van der Waals surface area contributed by atoms with Crippen molar-refractivity contribution in [3.8, 4) is 0 Å². The van der Waals surface area contributed by atoms with Crippen molar-refractivity contribution < 1.29 is 14.7 Å². The summed E-state index contributed by atoms with van der Waals surface area (Å²) >= 11 is 0. The van der Waals surface area contributed by atoms with Gasteiger partial charge < -0.3 is 9.67 Å². The van der Waals surface area contributed by atoms with Gasteiger partial charge in [-0.2, -0.15) is 0 Å². The number of nitrogens with zero attached hydrogens (tertiary/aromatic N) is 1. The number of carboxylic acid groups (broad SMARTS) is 1. The van der Waals surface area contributed by atoms with E-state index < -0.39 is 5.97 Å². The minimum Gasteiger partial charge on any atom is -0.480 e. The van der Waals surface area contributed by atoms with Gasteiger partial charge in [-0.25, -0.2) is 0 Å². The van der Waals surface area contributed by atoms with Crippen molar-refractivity contribution in [3.63, 3.8) is 0 Å². The summed E-state index contributed by atoms with van der Waals surface area (Å²) < 4.78 is 1.70. The summed E-state index contributed by atoms with van der Waals surface area (Å²) in [5, 5.41) is 8.70. The van der Waals surface area contributed by atoms with Crippen LogP contribution in [0.3, 0.4) is 0 Å². The van der Waals surface area contributed by atoms with Gasteiger partial charge in [0.25, 0.3) is 0 Å². The molecule has 0 bridgehead atoms. The van der Waals surface area contributed by atoms with Crippen LogP contribution in [0.25, 0.3) is 0 Å². The molecule has 0 aliphatic heterocycles. The lowest BCUT2D eigenvalue weighted by atomic mass is 10.2. The van der Waals surface area contributed by atoms with Crippen LogP contribution in [0, 0.1) is 5.92 Å². The third kappa shape index (κ3) is 1.93. The Morgan fingerprint density at radius 1 is 1.60 bits per heavy atom. The van der Waals surface area contributed by atoms with E-state index in [4.69, 9.17) is 5.11 Å². The van der Waals surface area contributed by atoms with Crippen LogP contribution in [0.4, 0.5) is 0 Å². The molecule has 1 N–H and O–H groups in total. The summed E-state index contributed by atoms with van der Waals surface area (Å²) in [5.74, 6) is -0.320. The maximum absolute atomic E-state index is 11.1. The summed E-state index contributed by atoms with van der Waals surface area (Å²) in [7, 11) is 0. The average molecular weight is 207 g/mol. The van der Waals surface area contributed by atoms with Crippen LogP contribution in [0.5, 0.6) is 0 Å². The van der Waals surface area contributed by atoms with E-state index in [0.29, 0.717) is 0 Å². The van der Waals surface area contributed by atoms with Gasteiger partial charge in [-0.3, -0.25) is 9.59 Å². The minimum absolute atomic E-state index is 0.0243. The SMILES string of the molecule is CC(=O)C1CC1c1cccn1CC(=O)O. The number of hydrogen-bond donors (Lipinski definition) is 1. The van der Waals surface area contributed by atoms with Crippen molar-refractivity contribution in [3.05, 3.63) is 24.0 Å². The fourth-order valence-corrected chi connectivity index (χ4v) is 2.02. The molecule has 1 saturated carbocycles. The monoisotopic (exact) mass is 207 g/mol. The molecule has 2 atom stereocenters. The molecule has 1 heterocycles. The first-order valence-corrected chi connectivity index (χ1v) is 4.97. The Balaban J connectivity index is 2.13. The molecule has 1 aliphatic rings. The third-order valence-corrected chi connectivity index (χ3v) is 2.86. The largest absolute Gasteiger partial charge is 0.480 e. The van der Waals surface area contributed by atoms with E-state index in [0.717, 1.165) is 12.1 Å². The average Bonchev–Trinajstić information content (AvgIpc) is 2.81. The lowest BCUT2D eigenvalue weighted by Gasteiger charge is -2.05. The summed E-state index contributed by atoms with van der Waals surface area (Å²) in [6.45, 7) is 1.57. The standard InChI is InChI=1S/C11H13NO3/c1-7(13)8-5-9(8)10-3-2-4-12(10)6-11(14)15/h2-4,8-9H,5-6H2,1H3,(H,14,15). The van der Waals surface area contributed by atoms with Crippen LogP contribution in [-0.2, 0) is 16.1 Å². The van der Waals surface area contributed by atoms with Gasteiger partial charge in [-0.15, -0.1) is 0 Å². The molecule has 0 radical (unpaired) electrons. The van der Waals surface area contributed by atoms with Gasteiger partial charge in [0, 0.05) is 23.7 Å². The second-order valence-corrected chi connectivity index (χ2v) is 4.01. The summed E-state index contributed by atoms with van der Waals surface area (Å²) in [5.41, 5.74) is 0.970. The first kappa shape index (κ1) is 9.96. The van der Waals surface area contributed by atoms with Gasteiger partial charge in [-0.1, -0.05) is 0 Å². The van der Waals surface area contributed by atoms with Crippen molar-refractivity contribution in [2.75, 3.05) is 0 Å². The van der Waals surface area contributed by atoms with E-state index in [2.05, 4.69) is 0 Å². The van der Waals surface area contributed by atoms with Crippen molar-refractivity contribution in [2.45, 2.75) is 25.8 Å². The van der Waals surface area contributed by atoms with Crippen LogP contribution in [0.1, 0.15) is 25.0 Å². The number of rotatable bonds is 4. The van der Waals surface area contributed by atoms with Crippen molar-refractivity contribution in [2.24, 2.45) is 5.92 Å². The highest BCUT2D eigenvalue weighted by molar-refractivity contribution is 5.82. The van der Waals surface area contributed by atoms with Crippen LogP contribution in [0.2, 0.25) is 0 Å². The van der Waals surface area contributed by atoms with E-state index >= 15 is 0 Å². The first-order chi connectivity index (χ1) is 7.09. The quantitative estimate of drug-likeness (QED) is 0.808. The molecule has 0 spiro atoms. The molecule has 1 aromatic rings. The smallest absolute Gasteiger partial charge is 0.323 e. The summed E-state index contributed by atoms with van der Waals surface area (Å²) in [6.07, 6.45) is 2.61. The Labute approximate surface area is 87.5 Å². The van der Waals surface area contributed by atoms with E-state index in [1.807, 2.05) is 12.1 Å². The predicted molar refractivity (Wildman–Crippen MR) is 53.6 cm³/mol. The molecular weight excluding hydrogens is 194 g/mol. The molecule has 80 valence electrons.